The Bertz CT molecular complexity index is 1130. The summed E-state index contributed by atoms with van der Waals surface area (Å²) in [7, 11) is 1.76. The fraction of sp³-hybridized carbons (Fsp3) is 0.333. The third-order valence-electron chi connectivity index (χ3n) is 6.02. The van der Waals surface area contributed by atoms with Gasteiger partial charge in [0.25, 0.3) is 5.91 Å². The highest BCUT2D eigenvalue weighted by Crippen LogP contribution is 2.35. The molecule has 168 valence electrons. The van der Waals surface area contributed by atoms with E-state index in [0.29, 0.717) is 48.0 Å². The number of thiazole rings is 1. The maximum absolute atomic E-state index is 12.9. The standard InChI is InChI=1S/C21H26N8O2S/c1-12-7-17(29-5-3-21(24-2,4-6-29)20(23)31)15(8-14(12)22)27-18(30)16-11-32-19(28-16)13-9-25-26-10-13/h7-11,24H,3-6,22H2,1-2H3,(H2,23,31)(H,25,26)(H,27,30). The van der Waals surface area contributed by atoms with Crippen molar-refractivity contribution in [3.8, 4) is 10.6 Å². The number of benzene rings is 1. The number of nitrogens with one attached hydrogen (secondary N) is 3. The average molecular weight is 455 g/mol. The molecule has 2 amide bonds. The highest BCUT2D eigenvalue weighted by molar-refractivity contribution is 7.13. The molecule has 1 aliphatic heterocycles. The van der Waals surface area contributed by atoms with Gasteiger partial charge in [-0.2, -0.15) is 5.10 Å². The maximum Gasteiger partial charge on any atom is 0.275 e. The number of anilines is 3. The first kappa shape index (κ1) is 21.8. The zero-order valence-electron chi connectivity index (χ0n) is 17.9. The van der Waals surface area contributed by atoms with E-state index in [1.165, 1.54) is 11.3 Å². The smallest absolute Gasteiger partial charge is 0.275 e. The van der Waals surface area contributed by atoms with Gasteiger partial charge in [0, 0.05) is 35.9 Å². The van der Waals surface area contributed by atoms with Gasteiger partial charge in [-0.25, -0.2) is 4.98 Å². The van der Waals surface area contributed by atoms with E-state index in [2.05, 4.69) is 30.7 Å². The zero-order valence-corrected chi connectivity index (χ0v) is 18.8. The molecule has 10 nitrogen and oxygen atoms in total. The number of hydrogen-bond acceptors (Lipinski definition) is 8. The first-order chi connectivity index (χ1) is 15.3. The van der Waals surface area contributed by atoms with Gasteiger partial charge in [-0.15, -0.1) is 11.3 Å². The van der Waals surface area contributed by atoms with Crippen LogP contribution in [0, 0.1) is 6.92 Å². The van der Waals surface area contributed by atoms with E-state index >= 15 is 0 Å². The summed E-state index contributed by atoms with van der Waals surface area (Å²) < 4.78 is 0. The van der Waals surface area contributed by atoms with Crippen LogP contribution < -0.4 is 27.0 Å². The molecule has 0 unspecified atom stereocenters. The largest absolute Gasteiger partial charge is 0.398 e. The van der Waals surface area contributed by atoms with Crippen molar-refractivity contribution in [2.24, 2.45) is 5.73 Å². The Hall–Kier alpha value is -3.44. The van der Waals surface area contributed by atoms with E-state index in [1.807, 2.05) is 13.0 Å². The first-order valence-electron chi connectivity index (χ1n) is 10.2. The van der Waals surface area contributed by atoms with Gasteiger partial charge in [0.2, 0.25) is 5.91 Å². The predicted molar refractivity (Wildman–Crippen MR) is 126 cm³/mol. The number of amides is 2. The van der Waals surface area contributed by atoms with E-state index in [0.717, 1.165) is 16.8 Å². The maximum atomic E-state index is 12.9. The van der Waals surface area contributed by atoms with Crippen LogP contribution in [-0.2, 0) is 4.79 Å². The summed E-state index contributed by atoms with van der Waals surface area (Å²) in [6.07, 6.45) is 4.52. The summed E-state index contributed by atoms with van der Waals surface area (Å²) in [4.78, 5) is 31.5. The topological polar surface area (TPSA) is 155 Å². The van der Waals surface area contributed by atoms with E-state index < -0.39 is 5.54 Å². The van der Waals surface area contributed by atoms with Crippen molar-refractivity contribution in [2.45, 2.75) is 25.3 Å². The van der Waals surface area contributed by atoms with Crippen LogP contribution in [0.15, 0.2) is 29.9 Å². The monoisotopic (exact) mass is 454 g/mol. The highest BCUT2D eigenvalue weighted by Gasteiger charge is 2.39. The molecule has 1 saturated heterocycles. The summed E-state index contributed by atoms with van der Waals surface area (Å²) in [5.74, 6) is -0.669. The van der Waals surface area contributed by atoms with Crippen LogP contribution >= 0.6 is 11.3 Å². The molecule has 4 rings (SSSR count). The lowest BCUT2D eigenvalue weighted by Gasteiger charge is -2.41. The highest BCUT2D eigenvalue weighted by atomic mass is 32.1. The van der Waals surface area contributed by atoms with Crippen LogP contribution in [0.4, 0.5) is 17.1 Å². The summed E-state index contributed by atoms with van der Waals surface area (Å²) in [5, 5.41) is 15.1. The van der Waals surface area contributed by atoms with Crippen molar-refractivity contribution < 1.29 is 9.59 Å². The third kappa shape index (κ3) is 4.04. The minimum Gasteiger partial charge on any atom is -0.398 e. The molecular weight excluding hydrogens is 428 g/mol. The van der Waals surface area contributed by atoms with Gasteiger partial charge in [-0.1, -0.05) is 0 Å². The number of aromatic nitrogens is 3. The second kappa shape index (κ2) is 8.60. The first-order valence-corrected chi connectivity index (χ1v) is 11.1. The van der Waals surface area contributed by atoms with E-state index in [1.54, 1.807) is 30.9 Å². The SMILES string of the molecule is CNC1(C(N)=O)CCN(c2cc(C)c(N)cc2NC(=O)c2csc(-c3cn[nH]c3)n2)CC1. The van der Waals surface area contributed by atoms with Crippen molar-refractivity contribution in [3.63, 3.8) is 0 Å². The number of likely N-dealkylation sites (N-methyl/N-ethyl adjacent to an activating group) is 1. The number of aryl methyl sites for hydroxylation is 1. The molecule has 1 fully saturated rings. The molecule has 0 aliphatic carbocycles. The Morgan fingerprint density at radius 3 is 2.66 bits per heavy atom. The van der Waals surface area contributed by atoms with Crippen molar-refractivity contribution in [1.29, 1.82) is 0 Å². The molecule has 1 aliphatic rings. The molecular formula is C21H26N8O2S. The summed E-state index contributed by atoms with van der Waals surface area (Å²) in [6.45, 7) is 3.14. The zero-order chi connectivity index (χ0) is 22.9. The van der Waals surface area contributed by atoms with Gasteiger partial charge < -0.3 is 27.0 Å². The molecule has 3 heterocycles. The van der Waals surface area contributed by atoms with Gasteiger partial charge >= 0.3 is 0 Å². The Labute approximate surface area is 189 Å². The van der Waals surface area contributed by atoms with Crippen LogP contribution in [0.5, 0.6) is 0 Å². The normalized spacial score (nSPS) is 15.5. The second-order valence-corrected chi connectivity index (χ2v) is 8.75. The number of carbonyl (C=O) groups excluding carboxylic acids is 2. The van der Waals surface area contributed by atoms with Crippen molar-refractivity contribution in [3.05, 3.63) is 41.2 Å². The number of carbonyl (C=O) groups is 2. The van der Waals surface area contributed by atoms with Crippen LogP contribution in [0.1, 0.15) is 28.9 Å². The molecule has 0 radical (unpaired) electrons. The van der Waals surface area contributed by atoms with Gasteiger partial charge in [0.1, 0.15) is 16.2 Å². The molecule has 3 aromatic rings. The molecule has 32 heavy (non-hydrogen) atoms. The molecule has 0 spiro atoms. The summed E-state index contributed by atoms with van der Waals surface area (Å²) >= 11 is 1.37. The van der Waals surface area contributed by atoms with Crippen molar-refractivity contribution in [1.82, 2.24) is 20.5 Å². The summed E-state index contributed by atoms with van der Waals surface area (Å²) in [6, 6.07) is 3.72. The lowest BCUT2D eigenvalue weighted by molar-refractivity contribution is -0.125. The number of hydrogen-bond donors (Lipinski definition) is 5. The van der Waals surface area contributed by atoms with Crippen LogP contribution in [0.2, 0.25) is 0 Å². The minimum absolute atomic E-state index is 0.317. The van der Waals surface area contributed by atoms with Gasteiger partial charge in [0.05, 0.1) is 17.6 Å². The van der Waals surface area contributed by atoms with Gasteiger partial charge in [0.15, 0.2) is 0 Å². The number of rotatable bonds is 6. The molecule has 7 N–H and O–H groups in total. The number of H-pyrrole nitrogens is 1. The number of piperidine rings is 1. The Morgan fingerprint density at radius 1 is 1.28 bits per heavy atom. The second-order valence-electron chi connectivity index (χ2n) is 7.89. The van der Waals surface area contributed by atoms with Crippen LogP contribution in [0.25, 0.3) is 10.6 Å². The molecule has 11 heteroatoms. The Morgan fingerprint density at radius 2 is 2.03 bits per heavy atom. The lowest BCUT2D eigenvalue weighted by atomic mass is 9.86. The molecule has 0 bridgehead atoms. The van der Waals surface area contributed by atoms with Crippen LogP contribution in [-0.4, -0.2) is 52.7 Å². The fourth-order valence-electron chi connectivity index (χ4n) is 3.88. The Kier molecular flexibility index (Phi) is 5.85. The number of nitrogens with two attached hydrogens (primary N) is 2. The van der Waals surface area contributed by atoms with E-state index in [4.69, 9.17) is 11.5 Å². The van der Waals surface area contributed by atoms with E-state index in [-0.39, 0.29) is 11.8 Å². The molecule has 0 atom stereocenters. The van der Waals surface area contributed by atoms with Crippen molar-refractivity contribution in [2.75, 3.05) is 36.1 Å². The molecule has 0 saturated carbocycles. The summed E-state index contributed by atoms with van der Waals surface area (Å²) in [5.41, 5.74) is 15.1. The van der Waals surface area contributed by atoms with E-state index in [9.17, 15) is 9.59 Å². The molecule has 1 aromatic carbocycles. The fourth-order valence-corrected chi connectivity index (χ4v) is 4.67. The lowest BCUT2D eigenvalue weighted by Crippen LogP contribution is -2.59. The van der Waals surface area contributed by atoms with Gasteiger partial charge in [-0.05, 0) is 44.5 Å². The number of primary amides is 1. The number of aromatic amines is 1. The average Bonchev–Trinajstić information content (AvgIpc) is 3.48. The Balaban J connectivity index is 1.56. The predicted octanol–water partition coefficient (Wildman–Crippen LogP) is 1.72. The quantitative estimate of drug-likeness (QED) is 0.355. The number of nitrogen functional groups attached to an aromatic ring is 1. The molecule has 2 aromatic heterocycles. The number of nitrogens with zero attached hydrogens (tertiary/aromatic N) is 3. The van der Waals surface area contributed by atoms with Crippen molar-refractivity contribution >= 4 is 40.2 Å². The van der Waals surface area contributed by atoms with Gasteiger partial charge in [-0.3, -0.25) is 14.7 Å². The third-order valence-corrected chi connectivity index (χ3v) is 6.91. The van der Waals surface area contributed by atoms with Crippen LogP contribution in [0.3, 0.4) is 0 Å². The minimum atomic E-state index is -0.715.